The average molecular weight is 340 g/mol. The van der Waals surface area contributed by atoms with Gasteiger partial charge in [0.2, 0.25) is 0 Å². The van der Waals surface area contributed by atoms with Crippen LogP contribution in [0.4, 0.5) is 14.5 Å². The lowest BCUT2D eigenvalue weighted by Crippen LogP contribution is -2.22. The van der Waals surface area contributed by atoms with Gasteiger partial charge in [-0.2, -0.15) is 0 Å². The number of halogens is 3. The van der Waals surface area contributed by atoms with Gasteiger partial charge < -0.3 is 10.1 Å². The highest BCUT2D eigenvalue weighted by atomic mass is 35.5. The van der Waals surface area contributed by atoms with E-state index in [4.69, 9.17) is 16.3 Å². The van der Waals surface area contributed by atoms with Gasteiger partial charge in [0.25, 0.3) is 5.91 Å². The van der Waals surface area contributed by atoms with Crippen LogP contribution in [0.5, 0.6) is 0 Å². The van der Waals surface area contributed by atoms with Gasteiger partial charge in [-0.05, 0) is 29.8 Å². The second kappa shape index (κ2) is 7.69. The van der Waals surface area contributed by atoms with Gasteiger partial charge in [-0.25, -0.2) is 8.78 Å². The number of carbonyl (C=O) groups is 2. The van der Waals surface area contributed by atoms with E-state index in [-0.39, 0.29) is 22.7 Å². The van der Waals surface area contributed by atoms with Crippen LogP contribution in [-0.4, -0.2) is 18.5 Å². The molecule has 0 spiro atoms. The highest BCUT2D eigenvalue weighted by Crippen LogP contribution is 2.19. The summed E-state index contributed by atoms with van der Waals surface area (Å²) in [5.74, 6) is -2.69. The van der Waals surface area contributed by atoms with Crippen LogP contribution in [0.1, 0.15) is 5.56 Å². The summed E-state index contributed by atoms with van der Waals surface area (Å²) < 4.78 is 31.5. The first-order valence-corrected chi connectivity index (χ1v) is 6.97. The Labute approximate surface area is 136 Å². The largest absolute Gasteiger partial charge is 0.455 e. The molecule has 1 amide bonds. The molecule has 1 N–H and O–H groups in total. The van der Waals surface area contributed by atoms with Crippen molar-refractivity contribution in [1.29, 1.82) is 0 Å². The lowest BCUT2D eigenvalue weighted by Gasteiger charge is -2.08. The lowest BCUT2D eigenvalue weighted by molar-refractivity contribution is -0.146. The topological polar surface area (TPSA) is 55.4 Å². The first kappa shape index (κ1) is 16.9. The first-order chi connectivity index (χ1) is 11.0. The Bertz CT molecular complexity index is 737. The Morgan fingerprint density at radius 3 is 2.57 bits per heavy atom. The van der Waals surface area contributed by atoms with E-state index < -0.39 is 30.1 Å². The smallest absolute Gasteiger partial charge is 0.310 e. The zero-order valence-electron chi connectivity index (χ0n) is 11.8. The van der Waals surface area contributed by atoms with E-state index in [1.54, 1.807) is 6.07 Å². The van der Waals surface area contributed by atoms with E-state index >= 15 is 0 Å². The molecule has 0 aliphatic heterocycles. The summed E-state index contributed by atoms with van der Waals surface area (Å²) in [6.45, 7) is -0.612. The number of hydrogen-bond acceptors (Lipinski definition) is 3. The molecule has 120 valence electrons. The number of rotatable bonds is 5. The van der Waals surface area contributed by atoms with Crippen LogP contribution in [-0.2, 0) is 20.7 Å². The molecule has 0 aromatic heterocycles. The molecule has 0 fully saturated rings. The minimum Gasteiger partial charge on any atom is -0.455 e. The monoisotopic (exact) mass is 339 g/mol. The van der Waals surface area contributed by atoms with Crippen LogP contribution in [0.15, 0.2) is 42.5 Å². The van der Waals surface area contributed by atoms with Gasteiger partial charge in [-0.3, -0.25) is 9.59 Å². The Morgan fingerprint density at radius 2 is 1.83 bits per heavy atom. The highest BCUT2D eigenvalue weighted by Gasteiger charge is 2.12. The minimum absolute atomic E-state index is 0.118. The predicted octanol–water partition coefficient (Wildman–Crippen LogP) is 3.34. The number of ether oxygens (including phenoxy) is 1. The summed E-state index contributed by atoms with van der Waals surface area (Å²) in [5, 5.41) is 2.48. The average Bonchev–Trinajstić information content (AvgIpc) is 2.51. The predicted molar refractivity (Wildman–Crippen MR) is 81.1 cm³/mol. The summed E-state index contributed by atoms with van der Waals surface area (Å²) >= 11 is 5.69. The Hall–Kier alpha value is -2.47. The van der Waals surface area contributed by atoms with Gasteiger partial charge in [-0.15, -0.1) is 0 Å². The number of carbonyl (C=O) groups excluding carboxylic acids is 2. The Morgan fingerprint density at radius 1 is 1.09 bits per heavy atom. The number of benzene rings is 2. The maximum atomic E-state index is 13.4. The summed E-state index contributed by atoms with van der Waals surface area (Å²) in [4.78, 5) is 23.2. The van der Waals surface area contributed by atoms with Crippen molar-refractivity contribution in [2.75, 3.05) is 11.9 Å². The van der Waals surface area contributed by atoms with Crippen molar-refractivity contribution in [1.82, 2.24) is 0 Å². The molecule has 23 heavy (non-hydrogen) atoms. The highest BCUT2D eigenvalue weighted by molar-refractivity contribution is 6.30. The second-order valence-corrected chi connectivity index (χ2v) is 5.04. The van der Waals surface area contributed by atoms with Crippen LogP contribution in [0, 0.1) is 11.6 Å². The van der Waals surface area contributed by atoms with E-state index in [2.05, 4.69) is 5.32 Å². The van der Waals surface area contributed by atoms with Crippen molar-refractivity contribution in [3.8, 4) is 0 Å². The molecule has 0 aliphatic carbocycles. The van der Waals surface area contributed by atoms with Gasteiger partial charge in [-0.1, -0.05) is 29.8 Å². The standard InChI is InChI=1S/C16H12ClF2NO3/c17-11-5-6-13(19)14(8-11)20-15(21)9-23-16(22)7-10-3-1-2-4-12(10)18/h1-6,8H,7,9H2,(H,20,21). The van der Waals surface area contributed by atoms with E-state index in [1.807, 2.05) is 0 Å². The molecule has 0 unspecified atom stereocenters. The van der Waals surface area contributed by atoms with Crippen molar-refractivity contribution < 1.29 is 23.1 Å². The van der Waals surface area contributed by atoms with Crippen molar-refractivity contribution in [2.45, 2.75) is 6.42 Å². The third kappa shape index (κ3) is 5.03. The molecule has 0 radical (unpaired) electrons. The van der Waals surface area contributed by atoms with Crippen molar-refractivity contribution >= 4 is 29.2 Å². The first-order valence-electron chi connectivity index (χ1n) is 6.59. The molecule has 0 bridgehead atoms. The van der Waals surface area contributed by atoms with Crippen LogP contribution >= 0.6 is 11.6 Å². The Kier molecular flexibility index (Phi) is 5.65. The Balaban J connectivity index is 1.85. The maximum Gasteiger partial charge on any atom is 0.310 e. The number of hydrogen-bond donors (Lipinski definition) is 1. The molecule has 2 rings (SSSR count). The van der Waals surface area contributed by atoms with Crippen molar-refractivity contribution in [2.24, 2.45) is 0 Å². The molecule has 4 nitrogen and oxygen atoms in total. The van der Waals surface area contributed by atoms with E-state index in [1.165, 1.54) is 30.3 Å². The van der Waals surface area contributed by atoms with Crippen LogP contribution in [0.25, 0.3) is 0 Å². The maximum absolute atomic E-state index is 13.4. The van der Waals surface area contributed by atoms with Gasteiger partial charge in [0.05, 0.1) is 12.1 Å². The summed E-state index contributed by atoms with van der Waals surface area (Å²) in [5.41, 5.74) is 0.0476. The fourth-order valence-corrected chi connectivity index (χ4v) is 1.95. The third-order valence-electron chi connectivity index (χ3n) is 2.86. The zero-order valence-corrected chi connectivity index (χ0v) is 12.6. The molecule has 0 saturated heterocycles. The van der Waals surface area contributed by atoms with Crippen molar-refractivity contribution in [3.05, 3.63) is 64.7 Å². The fraction of sp³-hybridized carbons (Fsp3) is 0.125. The van der Waals surface area contributed by atoms with E-state index in [0.29, 0.717) is 0 Å². The second-order valence-electron chi connectivity index (χ2n) is 4.60. The van der Waals surface area contributed by atoms with Crippen LogP contribution in [0.2, 0.25) is 5.02 Å². The molecule has 7 heteroatoms. The van der Waals surface area contributed by atoms with Crippen LogP contribution < -0.4 is 5.32 Å². The number of anilines is 1. The van der Waals surface area contributed by atoms with Gasteiger partial charge in [0.1, 0.15) is 11.6 Å². The third-order valence-corrected chi connectivity index (χ3v) is 3.09. The van der Waals surface area contributed by atoms with Crippen molar-refractivity contribution in [3.63, 3.8) is 0 Å². The lowest BCUT2D eigenvalue weighted by atomic mass is 10.1. The molecule has 2 aromatic carbocycles. The SMILES string of the molecule is O=C(COC(=O)Cc1ccccc1F)Nc1cc(Cl)ccc1F. The van der Waals surface area contributed by atoms with Gasteiger partial charge in [0.15, 0.2) is 6.61 Å². The number of nitrogens with one attached hydrogen (secondary N) is 1. The molecule has 0 heterocycles. The number of esters is 1. The van der Waals surface area contributed by atoms with E-state index in [9.17, 15) is 18.4 Å². The summed E-state index contributed by atoms with van der Waals surface area (Å²) in [6, 6.07) is 9.41. The fourth-order valence-electron chi connectivity index (χ4n) is 1.77. The number of amides is 1. The molecular weight excluding hydrogens is 328 g/mol. The normalized spacial score (nSPS) is 10.2. The quantitative estimate of drug-likeness (QED) is 0.850. The molecular formula is C16H12ClF2NO3. The molecule has 0 atom stereocenters. The molecule has 0 aliphatic rings. The minimum atomic E-state index is -0.767. The van der Waals surface area contributed by atoms with Crippen LogP contribution in [0.3, 0.4) is 0 Å². The molecule has 2 aromatic rings. The summed E-state index contributed by atoms with van der Waals surface area (Å²) in [7, 11) is 0. The zero-order chi connectivity index (χ0) is 16.8. The summed E-state index contributed by atoms with van der Waals surface area (Å²) in [6.07, 6.45) is -0.300. The van der Waals surface area contributed by atoms with Gasteiger partial charge in [0, 0.05) is 5.02 Å². The van der Waals surface area contributed by atoms with Gasteiger partial charge >= 0.3 is 5.97 Å². The molecule has 0 saturated carbocycles. The van der Waals surface area contributed by atoms with E-state index in [0.717, 1.165) is 6.07 Å².